The van der Waals surface area contributed by atoms with Crippen molar-refractivity contribution < 1.29 is 13.2 Å². The molecule has 0 amide bonds. The number of nitrogens with two attached hydrogens (primary N) is 2. The third-order valence-electron chi connectivity index (χ3n) is 2.18. The molecule has 1 aromatic rings. The highest BCUT2D eigenvalue weighted by Crippen LogP contribution is 2.37. The van der Waals surface area contributed by atoms with Crippen molar-refractivity contribution >= 4 is 11.6 Å². The van der Waals surface area contributed by atoms with E-state index < -0.39 is 11.7 Å². The minimum atomic E-state index is -4.40. The summed E-state index contributed by atoms with van der Waals surface area (Å²) in [5.41, 5.74) is 9.91. The number of benzene rings is 1. The third-order valence-corrected chi connectivity index (χ3v) is 2.18. The van der Waals surface area contributed by atoms with Crippen molar-refractivity contribution in [3.63, 3.8) is 0 Å². The van der Waals surface area contributed by atoms with Crippen LogP contribution in [0.3, 0.4) is 0 Å². The van der Waals surface area contributed by atoms with Gasteiger partial charge in [-0.15, -0.1) is 0 Å². The summed E-state index contributed by atoms with van der Waals surface area (Å²) in [6, 6.07) is 2.80. The van der Waals surface area contributed by atoms with Gasteiger partial charge in [0.1, 0.15) is 0 Å². The Bertz CT molecular complexity index is 432. The molecule has 88 valence electrons. The Balaban J connectivity index is 3.45. The highest BCUT2D eigenvalue weighted by atomic mass is 19.4. The van der Waals surface area contributed by atoms with Crippen LogP contribution in [-0.2, 0) is 6.18 Å². The molecule has 0 saturated heterocycles. The largest absolute Gasteiger partial charge is 0.416 e. The number of aliphatic imine (C=N–C) groups is 1. The van der Waals surface area contributed by atoms with Crippen LogP contribution in [0.2, 0.25) is 0 Å². The third kappa shape index (κ3) is 2.44. The minimum absolute atomic E-state index is 0.0286. The second-order valence-corrected chi connectivity index (χ2v) is 3.44. The normalized spacial score (nSPS) is 11.3. The van der Waals surface area contributed by atoms with Crippen LogP contribution in [-0.4, -0.2) is 5.96 Å². The molecule has 0 aliphatic rings. The lowest BCUT2D eigenvalue weighted by Gasteiger charge is -2.14. The van der Waals surface area contributed by atoms with E-state index in [1.165, 1.54) is 26.0 Å². The Kier molecular flexibility index (Phi) is 3.11. The molecule has 0 fully saturated rings. The fourth-order valence-electron chi connectivity index (χ4n) is 1.53. The molecule has 3 nitrogen and oxygen atoms in total. The van der Waals surface area contributed by atoms with Gasteiger partial charge in [-0.1, -0.05) is 6.07 Å². The monoisotopic (exact) mass is 231 g/mol. The standard InChI is InChI=1S/C10H12F3N3/c1-5-3-4-7(16-9(14)15)6(2)8(5)10(11,12)13/h3-4H,1-2H3,(H4,14,15,16). The lowest BCUT2D eigenvalue weighted by atomic mass is 10.0. The van der Waals surface area contributed by atoms with Crippen LogP contribution in [0.25, 0.3) is 0 Å². The SMILES string of the molecule is Cc1ccc(N=C(N)N)c(C)c1C(F)(F)F. The first kappa shape index (κ1) is 12.4. The van der Waals surface area contributed by atoms with E-state index in [1.54, 1.807) is 0 Å². The summed E-state index contributed by atoms with van der Waals surface area (Å²) < 4.78 is 38.1. The maximum atomic E-state index is 12.7. The van der Waals surface area contributed by atoms with E-state index in [2.05, 4.69) is 4.99 Å². The fraction of sp³-hybridized carbons (Fsp3) is 0.300. The lowest BCUT2D eigenvalue weighted by molar-refractivity contribution is -0.138. The van der Waals surface area contributed by atoms with E-state index in [0.717, 1.165) is 0 Å². The number of guanidine groups is 1. The molecule has 0 aliphatic carbocycles. The van der Waals surface area contributed by atoms with E-state index >= 15 is 0 Å². The summed E-state index contributed by atoms with van der Waals surface area (Å²) in [5.74, 6) is -0.264. The highest BCUT2D eigenvalue weighted by molar-refractivity contribution is 5.79. The van der Waals surface area contributed by atoms with Gasteiger partial charge in [-0.3, -0.25) is 0 Å². The molecule has 0 atom stereocenters. The summed E-state index contributed by atoms with van der Waals surface area (Å²) in [5, 5.41) is 0. The van der Waals surface area contributed by atoms with Crippen molar-refractivity contribution in [3.8, 4) is 0 Å². The number of alkyl halides is 3. The van der Waals surface area contributed by atoms with Crippen molar-refractivity contribution in [2.24, 2.45) is 16.5 Å². The van der Waals surface area contributed by atoms with Crippen molar-refractivity contribution in [1.82, 2.24) is 0 Å². The summed E-state index contributed by atoms with van der Waals surface area (Å²) in [7, 11) is 0. The lowest BCUT2D eigenvalue weighted by Crippen LogP contribution is -2.22. The van der Waals surface area contributed by atoms with Crippen LogP contribution in [0.5, 0.6) is 0 Å². The van der Waals surface area contributed by atoms with Crippen molar-refractivity contribution in [2.75, 3.05) is 0 Å². The Hall–Kier alpha value is -1.72. The predicted octanol–water partition coefficient (Wildman–Crippen LogP) is 2.23. The molecule has 1 rings (SSSR count). The van der Waals surface area contributed by atoms with E-state index in [4.69, 9.17) is 11.5 Å². The van der Waals surface area contributed by atoms with E-state index in [1.807, 2.05) is 0 Å². The number of nitrogens with zero attached hydrogens (tertiary/aromatic N) is 1. The molecule has 0 spiro atoms. The topological polar surface area (TPSA) is 64.4 Å². The zero-order chi connectivity index (χ0) is 12.5. The fourth-order valence-corrected chi connectivity index (χ4v) is 1.53. The van der Waals surface area contributed by atoms with Gasteiger partial charge >= 0.3 is 6.18 Å². The Morgan fingerprint density at radius 3 is 2.19 bits per heavy atom. The van der Waals surface area contributed by atoms with Gasteiger partial charge in [0.25, 0.3) is 0 Å². The van der Waals surface area contributed by atoms with Gasteiger partial charge in [0, 0.05) is 0 Å². The number of hydrogen-bond donors (Lipinski definition) is 2. The minimum Gasteiger partial charge on any atom is -0.370 e. The van der Waals surface area contributed by atoms with Crippen LogP contribution in [0.15, 0.2) is 17.1 Å². The molecule has 0 bridgehead atoms. The number of hydrogen-bond acceptors (Lipinski definition) is 1. The van der Waals surface area contributed by atoms with Crippen molar-refractivity contribution in [1.29, 1.82) is 0 Å². The molecular weight excluding hydrogens is 219 g/mol. The maximum Gasteiger partial charge on any atom is 0.416 e. The van der Waals surface area contributed by atoms with Crippen LogP contribution in [0.1, 0.15) is 16.7 Å². The van der Waals surface area contributed by atoms with Crippen molar-refractivity contribution in [2.45, 2.75) is 20.0 Å². The summed E-state index contributed by atoms with van der Waals surface area (Å²) in [6.45, 7) is 2.74. The second-order valence-electron chi connectivity index (χ2n) is 3.44. The number of rotatable bonds is 1. The van der Waals surface area contributed by atoms with Crippen LogP contribution in [0.4, 0.5) is 18.9 Å². The van der Waals surface area contributed by atoms with Gasteiger partial charge in [0.2, 0.25) is 0 Å². The van der Waals surface area contributed by atoms with E-state index in [9.17, 15) is 13.2 Å². The molecule has 4 N–H and O–H groups in total. The van der Waals surface area contributed by atoms with E-state index in [-0.39, 0.29) is 22.8 Å². The Morgan fingerprint density at radius 2 is 1.75 bits per heavy atom. The van der Waals surface area contributed by atoms with Gasteiger partial charge in [-0.2, -0.15) is 13.2 Å². The predicted molar refractivity (Wildman–Crippen MR) is 56.4 cm³/mol. The quantitative estimate of drug-likeness (QED) is 0.575. The number of aryl methyl sites for hydroxylation is 1. The van der Waals surface area contributed by atoms with Gasteiger partial charge < -0.3 is 11.5 Å². The molecule has 16 heavy (non-hydrogen) atoms. The van der Waals surface area contributed by atoms with Crippen LogP contribution in [0, 0.1) is 13.8 Å². The summed E-state index contributed by atoms with van der Waals surface area (Å²) in [4.78, 5) is 3.65. The smallest absolute Gasteiger partial charge is 0.370 e. The molecule has 0 aliphatic heterocycles. The van der Waals surface area contributed by atoms with Gasteiger partial charge in [-0.05, 0) is 31.0 Å². The molecular formula is C10H12F3N3. The van der Waals surface area contributed by atoms with Gasteiger partial charge in [0.05, 0.1) is 11.3 Å². The summed E-state index contributed by atoms with van der Waals surface area (Å²) in [6.07, 6.45) is -4.40. The summed E-state index contributed by atoms with van der Waals surface area (Å²) >= 11 is 0. The van der Waals surface area contributed by atoms with Crippen LogP contribution < -0.4 is 11.5 Å². The molecule has 1 aromatic carbocycles. The number of halogens is 3. The highest BCUT2D eigenvalue weighted by Gasteiger charge is 2.34. The first-order chi connectivity index (χ1) is 7.23. The Labute approximate surface area is 91.0 Å². The molecule has 0 heterocycles. The molecule has 0 radical (unpaired) electrons. The maximum absolute atomic E-state index is 12.7. The van der Waals surface area contributed by atoms with Gasteiger partial charge in [-0.25, -0.2) is 4.99 Å². The second kappa shape index (κ2) is 4.03. The zero-order valence-electron chi connectivity index (χ0n) is 8.89. The molecule has 0 saturated carbocycles. The van der Waals surface area contributed by atoms with E-state index in [0.29, 0.717) is 0 Å². The zero-order valence-corrected chi connectivity index (χ0v) is 8.89. The van der Waals surface area contributed by atoms with Crippen molar-refractivity contribution in [3.05, 3.63) is 28.8 Å². The molecule has 0 unspecified atom stereocenters. The average Bonchev–Trinajstić information content (AvgIpc) is 2.07. The first-order valence-electron chi connectivity index (χ1n) is 4.50. The molecule has 0 aromatic heterocycles. The Morgan fingerprint density at radius 1 is 1.19 bits per heavy atom. The average molecular weight is 231 g/mol. The first-order valence-corrected chi connectivity index (χ1v) is 4.50. The van der Waals surface area contributed by atoms with Crippen LogP contribution >= 0.6 is 0 Å². The van der Waals surface area contributed by atoms with Gasteiger partial charge in [0.15, 0.2) is 5.96 Å². The molecule has 6 heteroatoms.